The van der Waals surface area contributed by atoms with Crippen molar-refractivity contribution in [2.24, 2.45) is 11.7 Å². The van der Waals surface area contributed by atoms with E-state index in [1.807, 2.05) is 0 Å². The molecule has 0 spiro atoms. The van der Waals surface area contributed by atoms with E-state index in [1.165, 1.54) is 7.11 Å². The molecule has 0 amide bonds. The predicted molar refractivity (Wildman–Crippen MR) is 41.0 cm³/mol. The molecule has 4 nitrogen and oxygen atoms in total. The summed E-state index contributed by atoms with van der Waals surface area (Å²) < 4.78 is 4.60. The van der Waals surface area contributed by atoms with Crippen LogP contribution in [-0.4, -0.2) is 32.2 Å². The molecule has 0 aliphatic carbocycles. The van der Waals surface area contributed by atoms with Gasteiger partial charge in [0.15, 0.2) is 0 Å². The Hall–Kier alpha value is -0.610. The Morgan fingerprint density at radius 2 is 2.45 bits per heavy atom. The third kappa shape index (κ3) is 1.91. The van der Waals surface area contributed by atoms with Crippen LogP contribution in [-0.2, 0) is 9.53 Å². The fourth-order valence-corrected chi connectivity index (χ4v) is 1.29. The van der Waals surface area contributed by atoms with Gasteiger partial charge in [-0.05, 0) is 13.0 Å². The molecule has 64 valence electrons. The van der Waals surface area contributed by atoms with Crippen molar-refractivity contribution in [2.75, 3.05) is 20.2 Å². The molecule has 11 heavy (non-hydrogen) atoms. The molecule has 0 unspecified atom stereocenters. The minimum atomic E-state index is -0.204. The molecule has 0 aromatic heterocycles. The Morgan fingerprint density at radius 3 is 3.00 bits per heavy atom. The zero-order chi connectivity index (χ0) is 8.27. The molecule has 0 saturated carbocycles. The van der Waals surface area contributed by atoms with Gasteiger partial charge in [0.2, 0.25) is 0 Å². The zero-order valence-electron chi connectivity index (χ0n) is 6.67. The lowest BCUT2D eigenvalue weighted by Crippen LogP contribution is -2.48. The molecule has 0 aromatic carbocycles. The highest BCUT2D eigenvalue weighted by Crippen LogP contribution is 2.09. The van der Waals surface area contributed by atoms with E-state index in [0.29, 0.717) is 6.54 Å². The van der Waals surface area contributed by atoms with Crippen LogP contribution in [0, 0.1) is 5.92 Å². The first-order valence-corrected chi connectivity index (χ1v) is 3.80. The molecular formula is C7H14N2O2. The SMILES string of the molecule is COC(=O)[C@H]1CNCC[C@H]1N. The molecule has 0 bridgehead atoms. The highest BCUT2D eigenvalue weighted by Gasteiger charge is 2.28. The van der Waals surface area contributed by atoms with Crippen LogP contribution in [0.15, 0.2) is 0 Å². The lowest BCUT2D eigenvalue weighted by atomic mass is 9.94. The number of nitrogens with two attached hydrogens (primary N) is 1. The number of carbonyl (C=O) groups is 1. The third-order valence-electron chi connectivity index (χ3n) is 2.04. The maximum Gasteiger partial charge on any atom is 0.311 e. The number of piperidine rings is 1. The van der Waals surface area contributed by atoms with Gasteiger partial charge in [-0.3, -0.25) is 4.79 Å². The van der Waals surface area contributed by atoms with Gasteiger partial charge in [0.1, 0.15) is 0 Å². The van der Waals surface area contributed by atoms with Gasteiger partial charge in [-0.1, -0.05) is 0 Å². The third-order valence-corrected chi connectivity index (χ3v) is 2.04. The number of carbonyl (C=O) groups excluding carboxylic acids is 1. The zero-order valence-corrected chi connectivity index (χ0v) is 6.67. The Kier molecular flexibility index (Phi) is 2.84. The van der Waals surface area contributed by atoms with Crippen molar-refractivity contribution < 1.29 is 9.53 Å². The lowest BCUT2D eigenvalue weighted by molar-refractivity contribution is -0.146. The molecule has 1 rings (SSSR count). The van der Waals surface area contributed by atoms with Crippen molar-refractivity contribution in [3.63, 3.8) is 0 Å². The van der Waals surface area contributed by atoms with Gasteiger partial charge >= 0.3 is 5.97 Å². The van der Waals surface area contributed by atoms with Crippen LogP contribution in [0.1, 0.15) is 6.42 Å². The van der Waals surface area contributed by atoms with Crippen LogP contribution < -0.4 is 11.1 Å². The number of nitrogens with one attached hydrogen (secondary N) is 1. The molecule has 0 radical (unpaired) electrons. The summed E-state index contributed by atoms with van der Waals surface area (Å²) in [5, 5.41) is 3.10. The van der Waals surface area contributed by atoms with Gasteiger partial charge in [0.05, 0.1) is 13.0 Å². The van der Waals surface area contributed by atoms with Crippen molar-refractivity contribution in [1.82, 2.24) is 5.32 Å². The number of methoxy groups -OCH3 is 1. The van der Waals surface area contributed by atoms with Crippen LogP contribution in [0.3, 0.4) is 0 Å². The normalized spacial score (nSPS) is 31.5. The Labute approximate surface area is 66.1 Å². The average Bonchev–Trinajstić information content (AvgIpc) is 2.04. The molecular weight excluding hydrogens is 144 g/mol. The first-order chi connectivity index (χ1) is 5.25. The molecule has 1 aliphatic heterocycles. The molecule has 0 aromatic rings. The van der Waals surface area contributed by atoms with Gasteiger partial charge < -0.3 is 15.8 Å². The fraction of sp³-hybridized carbons (Fsp3) is 0.857. The van der Waals surface area contributed by atoms with Gasteiger partial charge in [0, 0.05) is 12.6 Å². The van der Waals surface area contributed by atoms with E-state index < -0.39 is 0 Å². The van der Waals surface area contributed by atoms with E-state index in [-0.39, 0.29) is 17.9 Å². The van der Waals surface area contributed by atoms with Gasteiger partial charge in [0.25, 0.3) is 0 Å². The number of hydrogen-bond acceptors (Lipinski definition) is 4. The van der Waals surface area contributed by atoms with E-state index >= 15 is 0 Å². The molecule has 1 saturated heterocycles. The molecule has 1 heterocycles. The largest absolute Gasteiger partial charge is 0.469 e. The Bertz CT molecular complexity index is 149. The van der Waals surface area contributed by atoms with Crippen LogP contribution in [0.25, 0.3) is 0 Å². The van der Waals surface area contributed by atoms with E-state index in [1.54, 1.807) is 0 Å². The lowest BCUT2D eigenvalue weighted by Gasteiger charge is -2.26. The molecule has 3 N–H and O–H groups in total. The number of ether oxygens (including phenoxy) is 1. The van der Waals surface area contributed by atoms with Crippen LogP contribution in [0.4, 0.5) is 0 Å². The Morgan fingerprint density at radius 1 is 1.73 bits per heavy atom. The van der Waals surface area contributed by atoms with Crippen molar-refractivity contribution in [3.05, 3.63) is 0 Å². The van der Waals surface area contributed by atoms with Crippen molar-refractivity contribution in [2.45, 2.75) is 12.5 Å². The summed E-state index contributed by atoms with van der Waals surface area (Å²) in [6.45, 7) is 1.54. The number of rotatable bonds is 1. The molecule has 1 aliphatic rings. The predicted octanol–water partition coefficient (Wildman–Crippen LogP) is -0.904. The highest BCUT2D eigenvalue weighted by molar-refractivity contribution is 5.73. The van der Waals surface area contributed by atoms with E-state index in [9.17, 15) is 4.79 Å². The number of hydrogen-bond donors (Lipinski definition) is 2. The first kappa shape index (κ1) is 8.49. The van der Waals surface area contributed by atoms with Gasteiger partial charge in [-0.2, -0.15) is 0 Å². The fourth-order valence-electron chi connectivity index (χ4n) is 1.29. The second-order valence-electron chi connectivity index (χ2n) is 2.79. The Balaban J connectivity index is 2.47. The molecule has 4 heteroatoms. The van der Waals surface area contributed by atoms with Crippen LogP contribution in [0.5, 0.6) is 0 Å². The summed E-state index contributed by atoms with van der Waals surface area (Å²) in [5.74, 6) is -0.363. The summed E-state index contributed by atoms with van der Waals surface area (Å²) in [6.07, 6.45) is 0.847. The topological polar surface area (TPSA) is 64.3 Å². The van der Waals surface area contributed by atoms with Crippen molar-refractivity contribution >= 4 is 5.97 Å². The van der Waals surface area contributed by atoms with E-state index in [4.69, 9.17) is 5.73 Å². The summed E-state index contributed by atoms with van der Waals surface area (Å²) >= 11 is 0. The molecule has 2 atom stereocenters. The van der Waals surface area contributed by atoms with Gasteiger partial charge in [-0.15, -0.1) is 0 Å². The minimum absolute atomic E-state index is 0.0382. The van der Waals surface area contributed by atoms with Crippen molar-refractivity contribution in [3.8, 4) is 0 Å². The maximum absolute atomic E-state index is 11.0. The van der Waals surface area contributed by atoms with Crippen molar-refractivity contribution in [1.29, 1.82) is 0 Å². The summed E-state index contributed by atoms with van der Waals surface area (Å²) in [4.78, 5) is 11.0. The van der Waals surface area contributed by atoms with Gasteiger partial charge in [-0.25, -0.2) is 0 Å². The van der Waals surface area contributed by atoms with E-state index in [2.05, 4.69) is 10.1 Å². The summed E-state index contributed by atoms with van der Waals surface area (Å²) in [6, 6.07) is -0.0382. The standard InChI is InChI=1S/C7H14N2O2/c1-11-7(10)5-4-9-3-2-6(5)8/h5-6,9H,2-4,8H2,1H3/t5-,6+/m0/s1. The smallest absolute Gasteiger partial charge is 0.311 e. The second kappa shape index (κ2) is 3.69. The quantitative estimate of drug-likeness (QED) is 0.485. The number of esters is 1. The highest BCUT2D eigenvalue weighted by atomic mass is 16.5. The summed E-state index contributed by atoms with van der Waals surface area (Å²) in [7, 11) is 1.39. The summed E-state index contributed by atoms with van der Waals surface area (Å²) in [5.41, 5.74) is 5.71. The first-order valence-electron chi connectivity index (χ1n) is 3.80. The van der Waals surface area contributed by atoms with Crippen LogP contribution >= 0.6 is 0 Å². The van der Waals surface area contributed by atoms with E-state index in [0.717, 1.165) is 13.0 Å². The minimum Gasteiger partial charge on any atom is -0.469 e. The average molecular weight is 158 g/mol. The molecule has 1 fully saturated rings. The monoisotopic (exact) mass is 158 g/mol. The second-order valence-corrected chi connectivity index (χ2v) is 2.79. The van der Waals surface area contributed by atoms with Crippen LogP contribution in [0.2, 0.25) is 0 Å². The maximum atomic E-state index is 11.0.